The molecule has 0 amide bonds. The maximum Gasteiger partial charge on any atom is 0.164 e. The SMILES string of the molecule is c1ccc(-c2ccc3c4ccccc4n(-c4ccc(-c5nc(-c6ccccc6)nc(-c6ccc7c(c6)sc6ccccc67)n5)cc4)c3c2)cc1. The first-order chi connectivity index (χ1) is 24.8. The van der Waals surface area contributed by atoms with Crippen LogP contribution in [0.4, 0.5) is 0 Å². The van der Waals surface area contributed by atoms with Crippen LogP contribution in [0.5, 0.6) is 0 Å². The molecule has 0 aliphatic carbocycles. The van der Waals surface area contributed by atoms with Crippen molar-refractivity contribution < 1.29 is 0 Å². The second-order valence-corrected chi connectivity index (χ2v) is 13.6. The highest BCUT2D eigenvalue weighted by Gasteiger charge is 2.16. The highest BCUT2D eigenvalue weighted by Crippen LogP contribution is 2.37. The molecule has 50 heavy (non-hydrogen) atoms. The molecule has 0 N–H and O–H groups in total. The van der Waals surface area contributed by atoms with Crippen molar-refractivity contribution >= 4 is 53.3 Å². The summed E-state index contributed by atoms with van der Waals surface area (Å²) in [5.41, 5.74) is 8.68. The van der Waals surface area contributed by atoms with Crippen LogP contribution in [0.1, 0.15) is 0 Å². The minimum atomic E-state index is 0.644. The van der Waals surface area contributed by atoms with Gasteiger partial charge in [-0.1, -0.05) is 121 Å². The van der Waals surface area contributed by atoms with Gasteiger partial charge in [-0.2, -0.15) is 0 Å². The van der Waals surface area contributed by atoms with Gasteiger partial charge >= 0.3 is 0 Å². The number of benzene rings is 7. The molecule has 10 aromatic rings. The summed E-state index contributed by atoms with van der Waals surface area (Å²) in [6.45, 7) is 0. The Morgan fingerprint density at radius 2 is 0.860 bits per heavy atom. The second-order valence-electron chi connectivity index (χ2n) is 12.5. The van der Waals surface area contributed by atoms with E-state index in [1.165, 1.54) is 53.1 Å². The number of hydrogen-bond acceptors (Lipinski definition) is 4. The number of fused-ring (bicyclic) bond motifs is 6. The molecule has 0 saturated carbocycles. The molecule has 0 unspecified atom stereocenters. The lowest BCUT2D eigenvalue weighted by atomic mass is 10.0. The first-order valence-electron chi connectivity index (χ1n) is 16.7. The Balaban J connectivity index is 1.10. The number of nitrogens with zero attached hydrogens (tertiary/aromatic N) is 4. The number of hydrogen-bond donors (Lipinski definition) is 0. The fourth-order valence-corrected chi connectivity index (χ4v) is 8.18. The Labute approximate surface area is 292 Å². The zero-order chi connectivity index (χ0) is 33.0. The molecule has 7 aromatic carbocycles. The Bertz CT molecular complexity index is 2850. The summed E-state index contributed by atoms with van der Waals surface area (Å²) in [4.78, 5) is 15.1. The highest BCUT2D eigenvalue weighted by molar-refractivity contribution is 7.25. The van der Waals surface area contributed by atoms with Gasteiger partial charge < -0.3 is 4.57 Å². The summed E-state index contributed by atoms with van der Waals surface area (Å²) in [6, 6.07) is 59.8. The smallest absolute Gasteiger partial charge is 0.164 e. The molecule has 0 aliphatic rings. The summed E-state index contributed by atoms with van der Waals surface area (Å²) in [6.07, 6.45) is 0. The molecule has 0 radical (unpaired) electrons. The van der Waals surface area contributed by atoms with Gasteiger partial charge in [0.25, 0.3) is 0 Å². The Morgan fingerprint density at radius 1 is 0.340 bits per heavy atom. The maximum atomic E-state index is 5.07. The van der Waals surface area contributed by atoms with Gasteiger partial charge in [0.15, 0.2) is 17.5 Å². The van der Waals surface area contributed by atoms with Gasteiger partial charge in [0.2, 0.25) is 0 Å². The van der Waals surface area contributed by atoms with E-state index >= 15 is 0 Å². The van der Waals surface area contributed by atoms with Crippen molar-refractivity contribution in [2.45, 2.75) is 0 Å². The predicted octanol–water partition coefficient (Wildman–Crippen LogP) is 12.0. The molecule has 0 spiro atoms. The van der Waals surface area contributed by atoms with Gasteiger partial charge in [-0.25, -0.2) is 15.0 Å². The number of thiophene rings is 1. The lowest BCUT2D eigenvalue weighted by Gasteiger charge is -2.11. The van der Waals surface area contributed by atoms with E-state index in [1.54, 1.807) is 11.3 Å². The van der Waals surface area contributed by atoms with E-state index in [-0.39, 0.29) is 0 Å². The normalized spacial score (nSPS) is 11.6. The summed E-state index contributed by atoms with van der Waals surface area (Å²) in [7, 11) is 0. The molecule has 0 aliphatic heterocycles. The summed E-state index contributed by atoms with van der Waals surface area (Å²) in [5.74, 6) is 1.96. The lowest BCUT2D eigenvalue weighted by Crippen LogP contribution is -2.00. The Hall–Kier alpha value is -6.43. The zero-order valence-corrected chi connectivity index (χ0v) is 27.7. The van der Waals surface area contributed by atoms with Gasteiger partial charge in [0.05, 0.1) is 11.0 Å². The molecule has 3 heterocycles. The molecule has 0 atom stereocenters. The first-order valence-corrected chi connectivity index (χ1v) is 17.5. The fourth-order valence-electron chi connectivity index (χ4n) is 7.03. The average molecular weight is 657 g/mol. The molecule has 234 valence electrons. The van der Waals surface area contributed by atoms with E-state index < -0.39 is 0 Å². The van der Waals surface area contributed by atoms with Crippen molar-refractivity contribution in [2.24, 2.45) is 0 Å². The minimum Gasteiger partial charge on any atom is -0.309 e. The third-order valence-corrected chi connectivity index (χ3v) is 10.6. The van der Waals surface area contributed by atoms with E-state index in [1.807, 2.05) is 30.3 Å². The topological polar surface area (TPSA) is 43.6 Å². The van der Waals surface area contributed by atoms with Crippen molar-refractivity contribution in [2.75, 3.05) is 0 Å². The van der Waals surface area contributed by atoms with E-state index in [2.05, 4.69) is 144 Å². The molecule has 5 heteroatoms. The standard InChI is InChI=1S/C45H28N4S/c1-3-11-29(12-4-1)32-21-25-36-35-15-7-9-17-39(35)49(40(36)27-32)34-23-19-31(20-24-34)44-46-43(30-13-5-2-6-14-30)47-45(48-44)33-22-26-38-37-16-8-10-18-41(37)50-42(38)28-33/h1-28H. The molecule has 10 rings (SSSR count). The van der Waals surface area contributed by atoms with Crippen LogP contribution in [0.3, 0.4) is 0 Å². The molecular formula is C45H28N4S. The third-order valence-electron chi connectivity index (χ3n) is 9.47. The van der Waals surface area contributed by atoms with Crippen LogP contribution in [0.25, 0.3) is 93.0 Å². The second kappa shape index (κ2) is 11.6. The molecule has 4 nitrogen and oxygen atoms in total. The number of rotatable bonds is 5. The van der Waals surface area contributed by atoms with Crippen LogP contribution in [0.2, 0.25) is 0 Å². The Morgan fingerprint density at radius 3 is 1.62 bits per heavy atom. The molecular weight excluding hydrogens is 629 g/mol. The van der Waals surface area contributed by atoms with E-state index in [0.29, 0.717) is 17.5 Å². The number of para-hydroxylation sites is 1. The summed E-state index contributed by atoms with van der Waals surface area (Å²) in [5, 5.41) is 4.99. The van der Waals surface area contributed by atoms with Gasteiger partial charge in [0.1, 0.15) is 0 Å². The monoisotopic (exact) mass is 656 g/mol. The van der Waals surface area contributed by atoms with Crippen molar-refractivity contribution in [1.29, 1.82) is 0 Å². The minimum absolute atomic E-state index is 0.644. The van der Waals surface area contributed by atoms with Gasteiger partial charge in [0, 0.05) is 53.3 Å². The van der Waals surface area contributed by atoms with Gasteiger partial charge in [-0.15, -0.1) is 11.3 Å². The highest BCUT2D eigenvalue weighted by atomic mass is 32.1. The number of aromatic nitrogens is 4. The van der Waals surface area contributed by atoms with E-state index in [9.17, 15) is 0 Å². The first kappa shape index (κ1) is 28.6. The van der Waals surface area contributed by atoms with Crippen LogP contribution in [-0.2, 0) is 0 Å². The quantitative estimate of drug-likeness (QED) is 0.185. The predicted molar refractivity (Wildman–Crippen MR) is 209 cm³/mol. The van der Waals surface area contributed by atoms with Crippen LogP contribution < -0.4 is 0 Å². The van der Waals surface area contributed by atoms with E-state index in [0.717, 1.165) is 22.4 Å². The zero-order valence-electron chi connectivity index (χ0n) is 26.9. The van der Waals surface area contributed by atoms with Gasteiger partial charge in [-0.3, -0.25) is 0 Å². The third kappa shape index (κ3) is 4.79. The maximum absolute atomic E-state index is 5.07. The largest absolute Gasteiger partial charge is 0.309 e. The van der Waals surface area contributed by atoms with Crippen LogP contribution in [0, 0.1) is 0 Å². The fraction of sp³-hybridized carbons (Fsp3) is 0. The summed E-state index contributed by atoms with van der Waals surface area (Å²) < 4.78 is 4.86. The summed E-state index contributed by atoms with van der Waals surface area (Å²) >= 11 is 1.80. The van der Waals surface area contributed by atoms with Crippen LogP contribution >= 0.6 is 11.3 Å². The van der Waals surface area contributed by atoms with E-state index in [4.69, 9.17) is 15.0 Å². The van der Waals surface area contributed by atoms with Crippen LogP contribution in [-0.4, -0.2) is 19.5 Å². The van der Waals surface area contributed by atoms with Crippen LogP contribution in [0.15, 0.2) is 170 Å². The molecule has 0 bridgehead atoms. The molecule has 3 aromatic heterocycles. The van der Waals surface area contributed by atoms with Gasteiger partial charge in [-0.05, 0) is 59.7 Å². The van der Waals surface area contributed by atoms with Crippen molar-refractivity contribution in [1.82, 2.24) is 19.5 Å². The van der Waals surface area contributed by atoms with Crippen molar-refractivity contribution in [3.05, 3.63) is 170 Å². The van der Waals surface area contributed by atoms with Crippen molar-refractivity contribution in [3.8, 4) is 51.0 Å². The average Bonchev–Trinajstić information content (AvgIpc) is 3.73. The van der Waals surface area contributed by atoms with Crippen molar-refractivity contribution in [3.63, 3.8) is 0 Å². The molecule has 0 saturated heterocycles. The lowest BCUT2D eigenvalue weighted by molar-refractivity contribution is 1.07. The molecule has 0 fully saturated rings. The Kier molecular flexibility index (Phi) is 6.64.